The van der Waals surface area contributed by atoms with E-state index in [0.717, 1.165) is 17.1 Å². The monoisotopic (exact) mass is 481 g/mol. The second-order valence-electron chi connectivity index (χ2n) is 7.59. The first-order chi connectivity index (χ1) is 15.1. The molecule has 32 heavy (non-hydrogen) atoms. The highest BCUT2D eigenvalue weighted by atomic mass is 32.2. The maximum Gasteiger partial charge on any atom is 0.251 e. The predicted octanol–water partition coefficient (Wildman–Crippen LogP) is 1.66. The van der Waals surface area contributed by atoms with Gasteiger partial charge in [-0.3, -0.25) is 4.79 Å². The number of methoxy groups -OCH3 is 1. The smallest absolute Gasteiger partial charge is 0.251 e. The molecule has 1 N–H and O–H groups in total. The second-order valence-corrected chi connectivity index (χ2v) is 11.6. The lowest BCUT2D eigenvalue weighted by Crippen LogP contribution is -2.29. The summed E-state index contributed by atoms with van der Waals surface area (Å²) in [7, 11) is -2.99. The van der Waals surface area contributed by atoms with Crippen molar-refractivity contribution in [2.24, 2.45) is 0 Å². The van der Waals surface area contributed by atoms with Crippen LogP contribution in [0.5, 0.6) is 5.75 Å². The average molecular weight is 482 g/mol. The molecule has 2 aromatic carbocycles. The molecular weight excluding hydrogens is 454 g/mol. The molecule has 174 valence electrons. The minimum atomic E-state index is -3.76. The van der Waals surface area contributed by atoms with E-state index >= 15 is 0 Å². The number of hydrogen-bond donors (Lipinski definition) is 1. The van der Waals surface area contributed by atoms with Crippen LogP contribution < -0.4 is 10.1 Å². The molecule has 0 unspecified atom stereocenters. The van der Waals surface area contributed by atoms with Crippen molar-refractivity contribution in [3.8, 4) is 5.75 Å². The summed E-state index contributed by atoms with van der Waals surface area (Å²) in [6.07, 6.45) is 1.60. The summed E-state index contributed by atoms with van der Waals surface area (Å²) in [5, 5.41) is 2.73. The lowest BCUT2D eigenvalue weighted by atomic mass is 10.2. The third kappa shape index (κ3) is 4.96. The Morgan fingerprint density at radius 3 is 2.22 bits per heavy atom. The third-order valence-electron chi connectivity index (χ3n) is 5.26. The van der Waals surface area contributed by atoms with Crippen molar-refractivity contribution >= 4 is 26.0 Å². The Morgan fingerprint density at radius 2 is 1.66 bits per heavy atom. The SMILES string of the molecule is COc1ccc(C(=O)NCc2ccc(S(=O)(=O)N(C)C)cc2)cc1S(=O)(=O)N1CCCC1. The summed E-state index contributed by atoms with van der Waals surface area (Å²) < 4.78 is 58.0. The fourth-order valence-corrected chi connectivity index (χ4v) is 5.96. The zero-order valence-corrected chi connectivity index (χ0v) is 19.9. The van der Waals surface area contributed by atoms with Crippen LogP contribution in [0.4, 0.5) is 0 Å². The number of hydrogen-bond acceptors (Lipinski definition) is 6. The van der Waals surface area contributed by atoms with Gasteiger partial charge in [-0.2, -0.15) is 4.31 Å². The summed E-state index contributed by atoms with van der Waals surface area (Å²) >= 11 is 0. The van der Waals surface area contributed by atoms with Gasteiger partial charge in [-0.05, 0) is 48.7 Å². The van der Waals surface area contributed by atoms with Crippen LogP contribution in [-0.4, -0.2) is 65.6 Å². The summed E-state index contributed by atoms with van der Waals surface area (Å²) in [5.41, 5.74) is 0.893. The number of sulfonamides is 2. The Balaban J connectivity index is 1.76. The molecule has 0 aliphatic carbocycles. The molecule has 1 saturated heterocycles. The highest BCUT2D eigenvalue weighted by Crippen LogP contribution is 2.30. The molecule has 1 amide bonds. The lowest BCUT2D eigenvalue weighted by Gasteiger charge is -2.18. The second kappa shape index (κ2) is 9.57. The van der Waals surface area contributed by atoms with E-state index in [-0.39, 0.29) is 27.6 Å². The van der Waals surface area contributed by atoms with Crippen LogP contribution in [0.1, 0.15) is 28.8 Å². The van der Waals surface area contributed by atoms with Gasteiger partial charge in [-0.1, -0.05) is 12.1 Å². The van der Waals surface area contributed by atoms with Crippen LogP contribution in [0.25, 0.3) is 0 Å². The zero-order chi connectivity index (χ0) is 23.5. The van der Waals surface area contributed by atoms with Crippen LogP contribution in [0.3, 0.4) is 0 Å². The molecule has 0 atom stereocenters. The van der Waals surface area contributed by atoms with E-state index in [2.05, 4.69) is 5.32 Å². The van der Waals surface area contributed by atoms with Crippen LogP contribution in [0.15, 0.2) is 52.3 Å². The van der Waals surface area contributed by atoms with Crippen LogP contribution in [-0.2, 0) is 26.6 Å². The van der Waals surface area contributed by atoms with Gasteiger partial charge in [0, 0.05) is 39.3 Å². The fourth-order valence-electron chi connectivity index (χ4n) is 3.36. The average Bonchev–Trinajstić information content (AvgIpc) is 3.33. The van der Waals surface area contributed by atoms with Gasteiger partial charge >= 0.3 is 0 Å². The van der Waals surface area contributed by atoms with E-state index in [4.69, 9.17) is 4.74 Å². The Bertz CT molecular complexity index is 1190. The molecule has 2 aromatic rings. The van der Waals surface area contributed by atoms with Gasteiger partial charge in [-0.15, -0.1) is 0 Å². The highest BCUT2D eigenvalue weighted by molar-refractivity contribution is 7.89. The van der Waals surface area contributed by atoms with E-state index in [1.807, 2.05) is 0 Å². The highest BCUT2D eigenvalue weighted by Gasteiger charge is 2.30. The molecule has 1 fully saturated rings. The van der Waals surface area contributed by atoms with E-state index in [9.17, 15) is 21.6 Å². The third-order valence-corrected chi connectivity index (χ3v) is 9.01. The van der Waals surface area contributed by atoms with Crippen LogP contribution in [0, 0.1) is 0 Å². The largest absolute Gasteiger partial charge is 0.495 e. The fraction of sp³-hybridized carbons (Fsp3) is 0.381. The maximum absolute atomic E-state index is 13.0. The van der Waals surface area contributed by atoms with Crippen molar-refractivity contribution in [2.45, 2.75) is 29.2 Å². The standard InChI is InChI=1S/C21H27N3O6S2/c1-23(2)31(26,27)18-9-6-16(7-10-18)15-22-21(25)17-8-11-19(30-3)20(14-17)32(28,29)24-12-4-5-13-24/h6-11,14H,4-5,12-13,15H2,1-3H3,(H,22,25). The van der Waals surface area contributed by atoms with Crippen molar-refractivity contribution in [1.82, 2.24) is 13.9 Å². The number of carbonyl (C=O) groups excluding carboxylic acids is 1. The first-order valence-electron chi connectivity index (χ1n) is 10.0. The van der Waals surface area contributed by atoms with Crippen molar-refractivity contribution in [3.05, 3.63) is 53.6 Å². The number of benzene rings is 2. The molecule has 0 spiro atoms. The van der Waals surface area contributed by atoms with Gasteiger partial charge < -0.3 is 10.1 Å². The predicted molar refractivity (Wildman–Crippen MR) is 119 cm³/mol. The molecule has 1 aliphatic heterocycles. The molecule has 1 heterocycles. The number of carbonyl (C=O) groups is 1. The van der Waals surface area contributed by atoms with Gasteiger partial charge in [0.25, 0.3) is 5.91 Å². The summed E-state index contributed by atoms with van der Waals surface area (Å²) in [6, 6.07) is 10.5. The molecule has 9 nitrogen and oxygen atoms in total. The molecule has 0 radical (unpaired) electrons. The van der Waals surface area contributed by atoms with Crippen LogP contribution >= 0.6 is 0 Å². The van der Waals surface area contributed by atoms with Gasteiger partial charge in [0.1, 0.15) is 10.6 Å². The Labute approximate surface area is 189 Å². The normalized spacial score (nSPS) is 15.1. The van der Waals surface area contributed by atoms with Crippen molar-refractivity contribution in [2.75, 3.05) is 34.3 Å². The van der Waals surface area contributed by atoms with E-state index in [1.165, 1.54) is 55.8 Å². The Hall–Kier alpha value is -2.47. The molecular formula is C21H27N3O6S2. The van der Waals surface area contributed by atoms with Gasteiger partial charge in [-0.25, -0.2) is 21.1 Å². The molecule has 0 aromatic heterocycles. The topological polar surface area (TPSA) is 113 Å². The quantitative estimate of drug-likeness (QED) is 0.614. The molecule has 0 saturated carbocycles. The lowest BCUT2D eigenvalue weighted by molar-refractivity contribution is 0.0950. The summed E-state index contributed by atoms with van der Waals surface area (Å²) in [5.74, 6) is -0.262. The first-order valence-corrected chi connectivity index (χ1v) is 12.9. The number of ether oxygens (including phenoxy) is 1. The van der Waals surface area contributed by atoms with Gasteiger partial charge in [0.05, 0.1) is 12.0 Å². The first kappa shape index (κ1) is 24.2. The minimum absolute atomic E-state index is 0.0344. The number of amides is 1. The number of rotatable bonds is 8. The Morgan fingerprint density at radius 1 is 1.03 bits per heavy atom. The maximum atomic E-state index is 13.0. The van der Waals surface area contributed by atoms with Gasteiger partial charge in [0.2, 0.25) is 20.0 Å². The summed E-state index contributed by atoms with van der Waals surface area (Å²) in [4.78, 5) is 12.8. The molecule has 11 heteroatoms. The van der Waals surface area contributed by atoms with Crippen molar-refractivity contribution in [1.29, 1.82) is 0 Å². The van der Waals surface area contributed by atoms with E-state index < -0.39 is 26.0 Å². The molecule has 0 bridgehead atoms. The zero-order valence-electron chi connectivity index (χ0n) is 18.2. The molecule has 1 aliphatic rings. The van der Waals surface area contributed by atoms with Crippen molar-refractivity contribution < 1.29 is 26.4 Å². The summed E-state index contributed by atoms with van der Waals surface area (Å²) in [6.45, 7) is 1.05. The van der Waals surface area contributed by atoms with Gasteiger partial charge in [0.15, 0.2) is 0 Å². The van der Waals surface area contributed by atoms with E-state index in [1.54, 1.807) is 12.1 Å². The minimum Gasteiger partial charge on any atom is -0.495 e. The number of nitrogens with one attached hydrogen (secondary N) is 1. The number of nitrogens with zero attached hydrogens (tertiary/aromatic N) is 2. The van der Waals surface area contributed by atoms with E-state index in [0.29, 0.717) is 18.7 Å². The van der Waals surface area contributed by atoms with Crippen molar-refractivity contribution in [3.63, 3.8) is 0 Å². The molecule has 3 rings (SSSR count). The Kier molecular flexibility index (Phi) is 7.23. The van der Waals surface area contributed by atoms with Crippen LogP contribution in [0.2, 0.25) is 0 Å².